The van der Waals surface area contributed by atoms with Crippen LogP contribution in [0.3, 0.4) is 0 Å². The molecule has 5 rings (SSSR count). The third-order valence-corrected chi connectivity index (χ3v) is 6.32. The Hall–Kier alpha value is -3.81. The topological polar surface area (TPSA) is 76.0 Å². The molecular formula is C26H24F2N4O2. The van der Waals surface area contributed by atoms with Crippen molar-refractivity contribution >= 4 is 23.2 Å². The number of nitrogens with one attached hydrogen (secondary N) is 2. The first-order valence-corrected chi connectivity index (χ1v) is 11.1. The number of anilines is 2. The van der Waals surface area contributed by atoms with Crippen molar-refractivity contribution in [1.82, 2.24) is 9.78 Å². The molecule has 2 N–H and O–H groups in total. The highest BCUT2D eigenvalue weighted by Gasteiger charge is 2.42. The highest BCUT2D eigenvalue weighted by molar-refractivity contribution is 6.08. The van der Waals surface area contributed by atoms with E-state index < -0.39 is 17.7 Å². The first-order chi connectivity index (χ1) is 16.1. The molecule has 1 amide bonds. The quantitative estimate of drug-likeness (QED) is 0.548. The van der Waals surface area contributed by atoms with Gasteiger partial charge in [0.15, 0.2) is 17.4 Å². The molecule has 0 unspecified atom stereocenters. The summed E-state index contributed by atoms with van der Waals surface area (Å²) in [6, 6.07) is 10.2. The number of benzene rings is 2. The maximum atomic E-state index is 14.2. The molecule has 2 aliphatic rings. The molecule has 0 saturated heterocycles. The number of Topliss-reactive ketones (excluding diaryl/α,β-unsaturated/α-hetero) is 1. The van der Waals surface area contributed by atoms with Gasteiger partial charge in [-0.05, 0) is 48.6 Å². The number of fused-ring (bicyclic) bond motifs is 1. The zero-order valence-electron chi connectivity index (χ0n) is 19.1. The molecule has 6 nitrogen and oxygen atoms in total. The third kappa shape index (κ3) is 3.79. The number of carbonyl (C=O) groups excluding carboxylic acids is 2. The van der Waals surface area contributed by atoms with E-state index in [1.54, 1.807) is 0 Å². The van der Waals surface area contributed by atoms with E-state index in [9.17, 15) is 18.4 Å². The summed E-state index contributed by atoms with van der Waals surface area (Å²) < 4.78 is 29.4. The fourth-order valence-corrected chi connectivity index (χ4v) is 4.70. The Morgan fingerprint density at radius 3 is 2.56 bits per heavy atom. The number of hydrogen-bond donors (Lipinski definition) is 2. The number of allylic oxidation sites excluding steroid dienone is 2. The van der Waals surface area contributed by atoms with Gasteiger partial charge in [0.2, 0.25) is 0 Å². The standard InChI is InChI=1S/C26H24F2N4O2/c1-14-4-7-16(8-5-14)30-25(34)17-13-29-32-23(15-6-9-18(27)19(28)10-15)22-20(31-24(17)32)11-26(2,3)12-21(22)33/h4-10,13,23,31H,11-12H2,1-3H3,(H,30,34)/t23-/m0/s1. The number of hydrogen-bond acceptors (Lipinski definition) is 4. The molecule has 3 aromatic rings. The van der Waals surface area contributed by atoms with Crippen molar-refractivity contribution in [3.05, 3.63) is 88.3 Å². The molecule has 0 bridgehead atoms. The van der Waals surface area contributed by atoms with Crippen molar-refractivity contribution in [1.29, 1.82) is 0 Å². The minimum Gasteiger partial charge on any atom is -0.343 e. The van der Waals surface area contributed by atoms with Crippen molar-refractivity contribution in [3.8, 4) is 0 Å². The summed E-state index contributed by atoms with van der Waals surface area (Å²) in [4.78, 5) is 26.3. The number of amides is 1. The van der Waals surface area contributed by atoms with Crippen molar-refractivity contribution in [2.45, 2.75) is 39.7 Å². The van der Waals surface area contributed by atoms with E-state index in [1.165, 1.54) is 16.9 Å². The molecule has 0 saturated carbocycles. The van der Waals surface area contributed by atoms with Gasteiger partial charge in [-0.15, -0.1) is 0 Å². The smallest absolute Gasteiger partial charge is 0.261 e. The third-order valence-electron chi connectivity index (χ3n) is 6.32. The number of aryl methyl sites for hydroxylation is 1. The number of aromatic nitrogens is 2. The molecule has 1 aliphatic carbocycles. The van der Waals surface area contributed by atoms with E-state index >= 15 is 0 Å². The molecular weight excluding hydrogens is 438 g/mol. The maximum absolute atomic E-state index is 14.2. The lowest BCUT2D eigenvalue weighted by molar-refractivity contribution is -0.118. The largest absolute Gasteiger partial charge is 0.343 e. The highest BCUT2D eigenvalue weighted by Crippen LogP contribution is 2.46. The zero-order chi connectivity index (χ0) is 24.2. The molecule has 174 valence electrons. The lowest BCUT2D eigenvalue weighted by Gasteiger charge is -2.39. The summed E-state index contributed by atoms with van der Waals surface area (Å²) in [5, 5.41) is 10.5. The van der Waals surface area contributed by atoms with Gasteiger partial charge in [-0.3, -0.25) is 9.59 Å². The van der Waals surface area contributed by atoms with Crippen LogP contribution in [-0.4, -0.2) is 21.5 Å². The van der Waals surface area contributed by atoms with Crippen LogP contribution in [0.25, 0.3) is 0 Å². The predicted molar refractivity (Wildman–Crippen MR) is 125 cm³/mol. The first-order valence-electron chi connectivity index (χ1n) is 11.1. The molecule has 1 atom stereocenters. The van der Waals surface area contributed by atoms with Crippen LogP contribution in [0.5, 0.6) is 0 Å². The van der Waals surface area contributed by atoms with E-state index in [2.05, 4.69) is 15.7 Å². The Kier molecular flexibility index (Phi) is 5.11. The summed E-state index contributed by atoms with van der Waals surface area (Å²) >= 11 is 0. The molecule has 0 spiro atoms. The van der Waals surface area contributed by atoms with E-state index in [-0.39, 0.29) is 22.7 Å². The molecule has 1 aromatic heterocycles. The summed E-state index contributed by atoms with van der Waals surface area (Å²) in [5.74, 6) is -2.02. The van der Waals surface area contributed by atoms with Crippen molar-refractivity contribution in [2.24, 2.45) is 5.41 Å². The van der Waals surface area contributed by atoms with Crippen LogP contribution in [0.2, 0.25) is 0 Å². The fraction of sp³-hybridized carbons (Fsp3) is 0.269. The van der Waals surface area contributed by atoms with Gasteiger partial charge in [-0.1, -0.05) is 37.6 Å². The van der Waals surface area contributed by atoms with Crippen LogP contribution in [-0.2, 0) is 4.79 Å². The Balaban J connectivity index is 1.60. The highest BCUT2D eigenvalue weighted by atomic mass is 19.2. The van der Waals surface area contributed by atoms with E-state index in [4.69, 9.17) is 0 Å². The van der Waals surface area contributed by atoms with Gasteiger partial charge in [0.1, 0.15) is 17.4 Å². The number of carbonyl (C=O) groups is 2. The fourth-order valence-electron chi connectivity index (χ4n) is 4.70. The van der Waals surface area contributed by atoms with Crippen molar-refractivity contribution in [3.63, 3.8) is 0 Å². The molecule has 2 aromatic carbocycles. The minimum absolute atomic E-state index is 0.0831. The lowest BCUT2D eigenvalue weighted by atomic mass is 9.73. The van der Waals surface area contributed by atoms with Gasteiger partial charge in [0.05, 0.1) is 6.20 Å². The Morgan fingerprint density at radius 1 is 1.12 bits per heavy atom. The molecule has 2 heterocycles. The van der Waals surface area contributed by atoms with Crippen LogP contribution >= 0.6 is 0 Å². The number of rotatable bonds is 3. The second kappa shape index (κ2) is 7.90. The zero-order valence-corrected chi connectivity index (χ0v) is 19.1. The van der Waals surface area contributed by atoms with Gasteiger partial charge in [0.25, 0.3) is 5.91 Å². The minimum atomic E-state index is -1.01. The van der Waals surface area contributed by atoms with E-state index in [0.29, 0.717) is 41.2 Å². The monoisotopic (exact) mass is 462 g/mol. The molecule has 8 heteroatoms. The second-order valence-corrected chi connectivity index (χ2v) is 9.71. The SMILES string of the molecule is Cc1ccc(NC(=O)c2cnn3c2NC2=C(C(=O)CC(C)(C)C2)[C@@H]3c2ccc(F)c(F)c2)cc1. The van der Waals surface area contributed by atoms with Gasteiger partial charge in [-0.25, -0.2) is 13.5 Å². The second-order valence-electron chi connectivity index (χ2n) is 9.71. The van der Waals surface area contributed by atoms with Crippen LogP contribution < -0.4 is 10.6 Å². The summed E-state index contributed by atoms with van der Waals surface area (Å²) in [6.07, 6.45) is 2.32. The molecule has 34 heavy (non-hydrogen) atoms. The summed E-state index contributed by atoms with van der Waals surface area (Å²) in [7, 11) is 0. The van der Waals surface area contributed by atoms with Gasteiger partial charge < -0.3 is 10.6 Å². The Morgan fingerprint density at radius 2 is 1.85 bits per heavy atom. The Bertz CT molecular complexity index is 1360. The average molecular weight is 463 g/mol. The number of ketones is 1. The molecule has 0 fully saturated rings. The first kappa shape index (κ1) is 22.0. The average Bonchev–Trinajstić information content (AvgIpc) is 3.18. The number of nitrogens with zero attached hydrogens (tertiary/aromatic N) is 2. The number of halogens is 2. The van der Waals surface area contributed by atoms with Gasteiger partial charge in [-0.2, -0.15) is 5.10 Å². The normalized spacial score (nSPS) is 18.7. The molecule has 1 aliphatic heterocycles. The van der Waals surface area contributed by atoms with E-state index in [1.807, 2.05) is 45.0 Å². The van der Waals surface area contributed by atoms with E-state index in [0.717, 1.165) is 17.7 Å². The van der Waals surface area contributed by atoms with Crippen LogP contribution in [0.1, 0.15) is 54.2 Å². The van der Waals surface area contributed by atoms with Crippen LogP contribution in [0.4, 0.5) is 20.3 Å². The lowest BCUT2D eigenvalue weighted by Crippen LogP contribution is -2.37. The predicted octanol–water partition coefficient (Wildman–Crippen LogP) is 5.38. The van der Waals surface area contributed by atoms with Crippen LogP contribution in [0, 0.1) is 24.0 Å². The van der Waals surface area contributed by atoms with Crippen molar-refractivity contribution < 1.29 is 18.4 Å². The summed E-state index contributed by atoms with van der Waals surface area (Å²) in [5.41, 5.74) is 3.23. The maximum Gasteiger partial charge on any atom is 0.261 e. The van der Waals surface area contributed by atoms with Crippen molar-refractivity contribution in [2.75, 3.05) is 10.6 Å². The van der Waals surface area contributed by atoms with Gasteiger partial charge in [0, 0.05) is 23.4 Å². The van der Waals surface area contributed by atoms with Gasteiger partial charge >= 0.3 is 0 Å². The van der Waals surface area contributed by atoms with Crippen LogP contribution in [0.15, 0.2) is 59.9 Å². The molecule has 0 radical (unpaired) electrons. The Labute approximate surface area is 195 Å². The summed E-state index contributed by atoms with van der Waals surface area (Å²) in [6.45, 7) is 5.96.